The molecule has 5 heteroatoms. The van der Waals surface area contributed by atoms with Crippen molar-refractivity contribution in [2.45, 2.75) is 0 Å². The van der Waals surface area contributed by atoms with Crippen molar-refractivity contribution in [2.75, 3.05) is 5.73 Å². The number of benzene rings is 1. The van der Waals surface area contributed by atoms with E-state index >= 15 is 0 Å². The standard InChI is InChI=1S/C13H9ClN2S2/c14-9-4-1-3-8(7-9)12-11(16-13(15)18-12)10-5-2-6-17-10/h1-7H,(H2,15,16). The highest BCUT2D eigenvalue weighted by atomic mass is 35.5. The lowest BCUT2D eigenvalue weighted by atomic mass is 10.1. The van der Waals surface area contributed by atoms with Gasteiger partial charge >= 0.3 is 0 Å². The van der Waals surface area contributed by atoms with Crippen LogP contribution in [0.2, 0.25) is 5.02 Å². The van der Waals surface area contributed by atoms with Crippen LogP contribution >= 0.6 is 34.3 Å². The predicted octanol–water partition coefficient (Wildman–Crippen LogP) is 4.77. The second-order valence-corrected chi connectivity index (χ2v) is 6.13. The summed E-state index contributed by atoms with van der Waals surface area (Å²) in [5, 5.41) is 3.33. The van der Waals surface area contributed by atoms with E-state index in [9.17, 15) is 0 Å². The maximum atomic E-state index is 6.03. The van der Waals surface area contributed by atoms with Gasteiger partial charge in [0.2, 0.25) is 0 Å². The van der Waals surface area contributed by atoms with Crippen molar-refractivity contribution in [3.63, 3.8) is 0 Å². The first kappa shape index (κ1) is 11.7. The van der Waals surface area contributed by atoms with Crippen molar-refractivity contribution in [3.05, 3.63) is 46.8 Å². The third-order valence-corrected chi connectivity index (χ3v) is 4.53. The monoisotopic (exact) mass is 292 g/mol. The van der Waals surface area contributed by atoms with Gasteiger partial charge in [0, 0.05) is 5.02 Å². The van der Waals surface area contributed by atoms with E-state index in [-0.39, 0.29) is 0 Å². The Labute approximate surface area is 118 Å². The second-order valence-electron chi connectivity index (χ2n) is 3.72. The van der Waals surface area contributed by atoms with E-state index in [1.54, 1.807) is 11.3 Å². The van der Waals surface area contributed by atoms with Gasteiger partial charge in [0.05, 0.1) is 9.75 Å². The molecule has 0 amide bonds. The van der Waals surface area contributed by atoms with E-state index < -0.39 is 0 Å². The van der Waals surface area contributed by atoms with Crippen LogP contribution < -0.4 is 5.73 Å². The van der Waals surface area contributed by atoms with Crippen molar-refractivity contribution < 1.29 is 0 Å². The van der Waals surface area contributed by atoms with Crippen LogP contribution in [0.5, 0.6) is 0 Å². The Hall–Kier alpha value is -1.36. The summed E-state index contributed by atoms with van der Waals surface area (Å²) in [5.41, 5.74) is 7.84. The minimum Gasteiger partial charge on any atom is -0.375 e. The summed E-state index contributed by atoms with van der Waals surface area (Å²) >= 11 is 9.18. The molecule has 3 rings (SSSR count). The molecule has 0 bridgehead atoms. The summed E-state index contributed by atoms with van der Waals surface area (Å²) in [4.78, 5) is 6.61. The minimum atomic E-state index is 0.577. The molecule has 0 aliphatic heterocycles. The molecule has 0 spiro atoms. The topological polar surface area (TPSA) is 38.9 Å². The van der Waals surface area contributed by atoms with Crippen molar-refractivity contribution in [3.8, 4) is 21.0 Å². The molecular formula is C13H9ClN2S2. The Morgan fingerprint density at radius 3 is 2.78 bits per heavy atom. The SMILES string of the molecule is Nc1nc(-c2cccs2)c(-c2cccc(Cl)c2)s1. The van der Waals surface area contributed by atoms with E-state index in [0.29, 0.717) is 5.13 Å². The van der Waals surface area contributed by atoms with Gasteiger partial charge < -0.3 is 5.73 Å². The van der Waals surface area contributed by atoms with Crippen molar-refractivity contribution in [1.82, 2.24) is 4.98 Å². The molecule has 2 N–H and O–H groups in total. The van der Waals surface area contributed by atoms with Crippen LogP contribution in [-0.2, 0) is 0 Å². The fourth-order valence-electron chi connectivity index (χ4n) is 1.74. The summed E-state index contributed by atoms with van der Waals surface area (Å²) in [6.45, 7) is 0. The van der Waals surface area contributed by atoms with E-state index in [2.05, 4.69) is 4.98 Å². The molecule has 0 saturated carbocycles. The lowest BCUT2D eigenvalue weighted by molar-refractivity contribution is 1.43. The van der Waals surface area contributed by atoms with E-state index in [1.807, 2.05) is 41.8 Å². The summed E-state index contributed by atoms with van der Waals surface area (Å²) < 4.78 is 0. The summed E-state index contributed by atoms with van der Waals surface area (Å²) in [6.07, 6.45) is 0. The highest BCUT2D eigenvalue weighted by molar-refractivity contribution is 7.20. The number of rotatable bonds is 2. The Morgan fingerprint density at radius 2 is 2.06 bits per heavy atom. The number of hydrogen-bond acceptors (Lipinski definition) is 4. The highest BCUT2D eigenvalue weighted by Gasteiger charge is 2.14. The Morgan fingerprint density at radius 1 is 1.17 bits per heavy atom. The van der Waals surface area contributed by atoms with E-state index in [1.165, 1.54) is 11.3 Å². The summed E-state index contributed by atoms with van der Waals surface area (Å²) in [7, 11) is 0. The van der Waals surface area contributed by atoms with Gasteiger partial charge in [-0.3, -0.25) is 0 Å². The Balaban J connectivity index is 2.18. The zero-order valence-electron chi connectivity index (χ0n) is 9.26. The normalized spacial score (nSPS) is 10.7. The molecule has 2 nitrogen and oxygen atoms in total. The quantitative estimate of drug-likeness (QED) is 0.738. The van der Waals surface area contributed by atoms with Gasteiger partial charge in [-0.2, -0.15) is 0 Å². The van der Waals surface area contributed by atoms with Crippen molar-refractivity contribution in [2.24, 2.45) is 0 Å². The first-order chi connectivity index (χ1) is 8.74. The van der Waals surface area contributed by atoms with Gasteiger partial charge in [-0.05, 0) is 29.1 Å². The molecule has 0 atom stereocenters. The lowest BCUT2D eigenvalue weighted by Crippen LogP contribution is -1.81. The van der Waals surface area contributed by atoms with Gasteiger partial charge in [-0.15, -0.1) is 11.3 Å². The van der Waals surface area contributed by atoms with Gasteiger partial charge in [0.25, 0.3) is 0 Å². The molecular weight excluding hydrogens is 284 g/mol. The second kappa shape index (κ2) is 4.72. The van der Waals surface area contributed by atoms with Crippen LogP contribution in [0.1, 0.15) is 0 Å². The molecule has 3 aromatic rings. The summed E-state index contributed by atoms with van der Waals surface area (Å²) in [6, 6.07) is 11.8. The average Bonchev–Trinajstić information content (AvgIpc) is 2.97. The molecule has 0 saturated heterocycles. The number of nitrogens with zero attached hydrogens (tertiary/aromatic N) is 1. The Kier molecular flexibility index (Phi) is 3.07. The molecule has 0 unspecified atom stereocenters. The third-order valence-electron chi connectivity index (χ3n) is 2.49. The molecule has 0 aliphatic rings. The fourth-order valence-corrected chi connectivity index (χ4v) is 3.56. The highest BCUT2D eigenvalue weighted by Crippen LogP contribution is 2.40. The molecule has 2 aromatic heterocycles. The number of nitrogens with two attached hydrogens (primary N) is 1. The number of halogens is 1. The maximum absolute atomic E-state index is 6.03. The van der Waals surface area contributed by atoms with E-state index in [0.717, 1.165) is 26.0 Å². The molecule has 90 valence electrons. The van der Waals surface area contributed by atoms with Crippen LogP contribution in [0, 0.1) is 0 Å². The smallest absolute Gasteiger partial charge is 0.181 e. The number of thiophene rings is 1. The number of nitrogen functional groups attached to an aromatic ring is 1. The third kappa shape index (κ3) is 2.14. The zero-order chi connectivity index (χ0) is 12.5. The molecule has 0 fully saturated rings. The first-order valence-corrected chi connectivity index (χ1v) is 7.37. The van der Waals surface area contributed by atoms with Crippen molar-refractivity contribution in [1.29, 1.82) is 0 Å². The number of thiazole rings is 1. The maximum Gasteiger partial charge on any atom is 0.181 e. The first-order valence-electron chi connectivity index (χ1n) is 5.30. The predicted molar refractivity (Wildman–Crippen MR) is 80.3 cm³/mol. The minimum absolute atomic E-state index is 0.577. The molecule has 1 aromatic carbocycles. The molecule has 18 heavy (non-hydrogen) atoms. The van der Waals surface area contributed by atoms with Crippen molar-refractivity contribution >= 4 is 39.4 Å². The molecule has 2 heterocycles. The van der Waals surface area contributed by atoms with Crippen LogP contribution in [0.25, 0.3) is 21.0 Å². The number of hydrogen-bond donors (Lipinski definition) is 1. The number of anilines is 1. The van der Waals surface area contributed by atoms with Gasteiger partial charge in [-0.1, -0.05) is 41.1 Å². The Bertz CT molecular complexity index is 674. The fraction of sp³-hybridized carbons (Fsp3) is 0. The van der Waals surface area contributed by atoms with Gasteiger partial charge in [0.1, 0.15) is 5.69 Å². The van der Waals surface area contributed by atoms with Crippen LogP contribution in [0.4, 0.5) is 5.13 Å². The van der Waals surface area contributed by atoms with Crippen LogP contribution in [0.3, 0.4) is 0 Å². The average molecular weight is 293 g/mol. The van der Waals surface area contributed by atoms with Crippen LogP contribution in [-0.4, -0.2) is 4.98 Å². The van der Waals surface area contributed by atoms with Gasteiger partial charge in [-0.25, -0.2) is 4.98 Å². The summed E-state index contributed by atoms with van der Waals surface area (Å²) in [5.74, 6) is 0. The zero-order valence-corrected chi connectivity index (χ0v) is 11.6. The molecule has 0 aliphatic carbocycles. The van der Waals surface area contributed by atoms with Gasteiger partial charge in [0.15, 0.2) is 5.13 Å². The van der Waals surface area contributed by atoms with Crippen LogP contribution in [0.15, 0.2) is 41.8 Å². The molecule has 0 radical (unpaired) electrons. The number of aromatic nitrogens is 1. The largest absolute Gasteiger partial charge is 0.375 e. The van der Waals surface area contributed by atoms with E-state index in [4.69, 9.17) is 17.3 Å². The lowest BCUT2D eigenvalue weighted by Gasteiger charge is -2.00.